The summed E-state index contributed by atoms with van der Waals surface area (Å²) in [4.78, 5) is 24.0. The number of cyclic esters (lactones) is 2. The molecule has 1 heterocycles. The first kappa shape index (κ1) is 11.2. The van der Waals surface area contributed by atoms with Crippen LogP contribution < -0.4 is 0 Å². The van der Waals surface area contributed by atoms with E-state index in [-0.39, 0.29) is 24.3 Å². The lowest BCUT2D eigenvalue weighted by atomic mass is 10.0. The summed E-state index contributed by atoms with van der Waals surface area (Å²) < 4.78 is 4.47. The number of hydrogen-bond acceptors (Lipinski definition) is 4. The zero-order chi connectivity index (χ0) is 10.7. The Bertz CT molecular complexity index is 238. The molecule has 1 rings (SSSR count). The monoisotopic (exact) mass is 199 g/mol. The molecule has 0 aromatic carbocycles. The number of hydrogen-bond donors (Lipinski definition) is 0. The van der Waals surface area contributed by atoms with Crippen molar-refractivity contribution in [2.24, 2.45) is 5.92 Å². The minimum absolute atomic E-state index is 0.219. The molecule has 1 saturated heterocycles. The number of carbonyl (C=O) groups is 2. The number of ether oxygens (including phenoxy) is 1. The smallest absolute Gasteiger partial charge is 0.317 e. The molecule has 4 heteroatoms. The topological polar surface area (TPSA) is 46.6 Å². The van der Waals surface area contributed by atoms with Crippen molar-refractivity contribution >= 4 is 11.9 Å². The van der Waals surface area contributed by atoms with Crippen LogP contribution in [0.1, 0.15) is 26.7 Å². The van der Waals surface area contributed by atoms with E-state index in [1.165, 1.54) is 0 Å². The fraction of sp³-hybridized carbons (Fsp3) is 0.800. The van der Waals surface area contributed by atoms with E-state index >= 15 is 0 Å². The van der Waals surface area contributed by atoms with Crippen molar-refractivity contribution in [2.75, 3.05) is 13.6 Å². The van der Waals surface area contributed by atoms with Crippen molar-refractivity contribution in [1.82, 2.24) is 4.90 Å². The van der Waals surface area contributed by atoms with E-state index in [4.69, 9.17) is 0 Å². The molecule has 0 saturated carbocycles. The second-order valence-corrected chi connectivity index (χ2v) is 4.06. The summed E-state index contributed by atoms with van der Waals surface area (Å²) in [5.74, 6) is -0.956. The predicted molar refractivity (Wildman–Crippen MR) is 51.6 cm³/mol. The normalized spacial score (nSPS) is 22.2. The third-order valence-corrected chi connectivity index (χ3v) is 2.67. The summed E-state index contributed by atoms with van der Waals surface area (Å²) >= 11 is 0. The fourth-order valence-corrected chi connectivity index (χ4v) is 1.36. The van der Waals surface area contributed by atoms with Gasteiger partial charge in [0.1, 0.15) is 0 Å². The van der Waals surface area contributed by atoms with E-state index in [2.05, 4.69) is 23.5 Å². The highest BCUT2D eigenvalue weighted by Crippen LogP contribution is 2.19. The highest BCUT2D eigenvalue weighted by atomic mass is 16.6. The average Bonchev–Trinajstić information content (AvgIpc) is 2.40. The van der Waals surface area contributed by atoms with Gasteiger partial charge in [0.25, 0.3) is 0 Å². The Hall–Kier alpha value is -0.900. The molecule has 0 spiro atoms. The minimum Gasteiger partial charge on any atom is -0.393 e. The summed E-state index contributed by atoms with van der Waals surface area (Å²) in [5.41, 5.74) is 0. The van der Waals surface area contributed by atoms with Gasteiger partial charge in [-0.25, -0.2) is 0 Å². The predicted octanol–water partition coefficient (Wildman–Crippen LogP) is 0.806. The van der Waals surface area contributed by atoms with Gasteiger partial charge in [-0.05, 0) is 33.9 Å². The standard InChI is InChI=1S/C10H17NO3/c1-7(2)11(3)5-4-8-6-9(12)14-10(8)13/h7-8H,4-6H2,1-3H3. The molecule has 1 fully saturated rings. The SMILES string of the molecule is CC(C)N(C)CCC1CC(=O)OC1=O. The molecule has 0 aromatic heterocycles. The summed E-state index contributed by atoms with van der Waals surface area (Å²) in [7, 11) is 2.01. The minimum atomic E-state index is -0.382. The lowest BCUT2D eigenvalue weighted by Crippen LogP contribution is -2.29. The molecule has 80 valence electrons. The highest BCUT2D eigenvalue weighted by molar-refractivity contribution is 5.94. The van der Waals surface area contributed by atoms with Crippen LogP contribution in [0.2, 0.25) is 0 Å². The van der Waals surface area contributed by atoms with Crippen LogP contribution in [-0.2, 0) is 14.3 Å². The van der Waals surface area contributed by atoms with Crippen LogP contribution in [0.5, 0.6) is 0 Å². The molecule has 0 aromatic rings. The largest absolute Gasteiger partial charge is 0.393 e. The molecule has 0 bridgehead atoms. The molecular weight excluding hydrogens is 182 g/mol. The Morgan fingerprint density at radius 2 is 2.14 bits per heavy atom. The first-order chi connectivity index (χ1) is 6.50. The highest BCUT2D eigenvalue weighted by Gasteiger charge is 2.33. The van der Waals surface area contributed by atoms with Gasteiger partial charge in [-0.1, -0.05) is 0 Å². The van der Waals surface area contributed by atoms with Gasteiger partial charge >= 0.3 is 11.9 Å². The lowest BCUT2D eigenvalue weighted by Gasteiger charge is -2.21. The Balaban J connectivity index is 2.32. The summed E-state index contributed by atoms with van der Waals surface area (Å²) in [6.07, 6.45) is 0.962. The Labute approximate surface area is 84.2 Å². The molecule has 14 heavy (non-hydrogen) atoms. The van der Waals surface area contributed by atoms with Crippen molar-refractivity contribution in [2.45, 2.75) is 32.7 Å². The van der Waals surface area contributed by atoms with Crippen LogP contribution >= 0.6 is 0 Å². The van der Waals surface area contributed by atoms with Crippen molar-refractivity contribution < 1.29 is 14.3 Å². The maximum absolute atomic E-state index is 11.1. The van der Waals surface area contributed by atoms with Crippen molar-refractivity contribution in [3.8, 4) is 0 Å². The second-order valence-electron chi connectivity index (χ2n) is 4.06. The van der Waals surface area contributed by atoms with Gasteiger partial charge in [0.05, 0.1) is 12.3 Å². The van der Waals surface area contributed by atoms with Crippen molar-refractivity contribution in [3.63, 3.8) is 0 Å². The number of rotatable bonds is 4. The summed E-state index contributed by atoms with van der Waals surface area (Å²) in [5, 5.41) is 0. The summed E-state index contributed by atoms with van der Waals surface area (Å²) in [6, 6.07) is 0.461. The van der Waals surface area contributed by atoms with Gasteiger partial charge in [0, 0.05) is 6.04 Å². The average molecular weight is 199 g/mol. The van der Waals surface area contributed by atoms with E-state index in [0.717, 1.165) is 6.54 Å². The van der Waals surface area contributed by atoms with Crippen LogP contribution in [0, 0.1) is 5.92 Å². The molecule has 0 aliphatic carbocycles. The molecule has 0 radical (unpaired) electrons. The molecule has 4 nitrogen and oxygen atoms in total. The van der Waals surface area contributed by atoms with Crippen LogP contribution in [0.4, 0.5) is 0 Å². The van der Waals surface area contributed by atoms with Gasteiger partial charge in [0.2, 0.25) is 0 Å². The van der Waals surface area contributed by atoms with Gasteiger partial charge in [-0.15, -0.1) is 0 Å². The number of esters is 2. The van der Waals surface area contributed by atoms with E-state index < -0.39 is 0 Å². The van der Waals surface area contributed by atoms with E-state index in [9.17, 15) is 9.59 Å². The van der Waals surface area contributed by atoms with Gasteiger partial charge in [-0.3, -0.25) is 9.59 Å². The Morgan fingerprint density at radius 3 is 2.57 bits per heavy atom. The molecule has 0 amide bonds. The molecule has 1 atom stereocenters. The zero-order valence-corrected chi connectivity index (χ0v) is 8.95. The Morgan fingerprint density at radius 1 is 1.50 bits per heavy atom. The summed E-state index contributed by atoms with van der Waals surface area (Å²) in [6.45, 7) is 5.01. The molecular formula is C10H17NO3. The van der Waals surface area contributed by atoms with Crippen molar-refractivity contribution in [3.05, 3.63) is 0 Å². The first-order valence-corrected chi connectivity index (χ1v) is 4.95. The molecule has 1 aliphatic rings. The van der Waals surface area contributed by atoms with Crippen LogP contribution in [0.15, 0.2) is 0 Å². The van der Waals surface area contributed by atoms with Crippen LogP contribution in [0.25, 0.3) is 0 Å². The molecule has 1 aliphatic heterocycles. The van der Waals surface area contributed by atoms with Crippen LogP contribution in [-0.4, -0.2) is 36.5 Å². The Kier molecular flexibility index (Phi) is 3.63. The molecule has 1 unspecified atom stereocenters. The fourth-order valence-electron chi connectivity index (χ4n) is 1.36. The van der Waals surface area contributed by atoms with Gasteiger partial charge < -0.3 is 9.64 Å². The second kappa shape index (κ2) is 4.55. The van der Waals surface area contributed by atoms with E-state index in [1.807, 2.05) is 7.05 Å². The number of carbonyl (C=O) groups excluding carboxylic acids is 2. The number of nitrogens with zero attached hydrogens (tertiary/aromatic N) is 1. The van der Waals surface area contributed by atoms with E-state index in [0.29, 0.717) is 12.5 Å². The maximum Gasteiger partial charge on any atom is 0.317 e. The molecule has 0 N–H and O–H groups in total. The van der Waals surface area contributed by atoms with Gasteiger partial charge in [-0.2, -0.15) is 0 Å². The van der Waals surface area contributed by atoms with Crippen molar-refractivity contribution in [1.29, 1.82) is 0 Å². The maximum atomic E-state index is 11.1. The first-order valence-electron chi connectivity index (χ1n) is 4.95. The third kappa shape index (κ3) is 2.80. The van der Waals surface area contributed by atoms with E-state index in [1.54, 1.807) is 0 Å². The van der Waals surface area contributed by atoms with Crippen LogP contribution in [0.3, 0.4) is 0 Å². The van der Waals surface area contributed by atoms with Gasteiger partial charge in [0.15, 0.2) is 0 Å². The third-order valence-electron chi connectivity index (χ3n) is 2.67. The lowest BCUT2D eigenvalue weighted by molar-refractivity contribution is -0.153. The zero-order valence-electron chi connectivity index (χ0n) is 8.95. The quantitative estimate of drug-likeness (QED) is 0.496.